The Bertz CT molecular complexity index is 1540. The van der Waals surface area contributed by atoms with Crippen LogP contribution < -0.4 is 15.5 Å². The van der Waals surface area contributed by atoms with E-state index in [2.05, 4.69) is 95.7 Å². The van der Waals surface area contributed by atoms with Crippen LogP contribution in [-0.4, -0.2) is 57.6 Å². The maximum atomic E-state index is 4.74. The number of hydrogen-bond donors (Lipinski definition) is 3. The van der Waals surface area contributed by atoms with Gasteiger partial charge in [-0.05, 0) is 70.5 Å². The number of anilines is 5. The van der Waals surface area contributed by atoms with Crippen molar-refractivity contribution in [2.75, 3.05) is 48.3 Å². The highest BCUT2D eigenvalue weighted by Crippen LogP contribution is 2.28. The van der Waals surface area contributed by atoms with Crippen molar-refractivity contribution >= 4 is 55.8 Å². The van der Waals surface area contributed by atoms with E-state index in [0.717, 1.165) is 71.8 Å². The van der Waals surface area contributed by atoms with Crippen LogP contribution in [0.1, 0.15) is 18.3 Å². The SMILES string of the molecule is CCN1CCN(c2ccc(Nc3ncc(Br)c(Nc4ccc5nc(Cc6ccccc6)[nH]c5c4)n3)cc2)CC1. The lowest BCUT2D eigenvalue weighted by molar-refractivity contribution is 0.271. The van der Waals surface area contributed by atoms with Gasteiger partial charge in [0.15, 0.2) is 0 Å². The predicted octanol–water partition coefficient (Wildman–Crippen LogP) is 6.34. The molecule has 1 fully saturated rings. The lowest BCUT2D eigenvalue weighted by atomic mass is 10.1. The summed E-state index contributed by atoms with van der Waals surface area (Å²) in [6.45, 7) is 7.69. The van der Waals surface area contributed by atoms with Gasteiger partial charge < -0.3 is 25.4 Å². The molecule has 198 valence electrons. The Labute approximate surface area is 236 Å². The van der Waals surface area contributed by atoms with Crippen LogP contribution in [0.15, 0.2) is 83.5 Å². The number of nitrogens with zero attached hydrogens (tertiary/aromatic N) is 5. The van der Waals surface area contributed by atoms with E-state index in [9.17, 15) is 0 Å². The first kappa shape index (κ1) is 25.3. The number of benzene rings is 3. The standard InChI is InChI=1S/C30H31BrN8/c1-2-38-14-16-39(17-15-38)24-11-8-22(9-12-24)34-30-32-20-25(31)29(37-30)33-23-10-13-26-27(19-23)36-28(35-26)18-21-6-4-3-5-7-21/h3-13,19-20H,2,14-18H2,1H3,(H,35,36)(H2,32,33,34,37). The molecule has 3 heterocycles. The lowest BCUT2D eigenvalue weighted by Gasteiger charge is -2.35. The summed E-state index contributed by atoms with van der Waals surface area (Å²) in [6.07, 6.45) is 2.52. The van der Waals surface area contributed by atoms with Gasteiger partial charge in [0.2, 0.25) is 5.95 Å². The van der Waals surface area contributed by atoms with E-state index in [4.69, 9.17) is 9.97 Å². The van der Waals surface area contributed by atoms with Gasteiger partial charge in [-0.15, -0.1) is 0 Å². The second-order valence-electron chi connectivity index (χ2n) is 9.69. The molecule has 0 bridgehead atoms. The highest BCUT2D eigenvalue weighted by molar-refractivity contribution is 9.10. The van der Waals surface area contributed by atoms with Gasteiger partial charge in [0.25, 0.3) is 0 Å². The number of rotatable bonds is 8. The molecule has 0 saturated carbocycles. The topological polar surface area (TPSA) is 85.0 Å². The minimum absolute atomic E-state index is 0.526. The van der Waals surface area contributed by atoms with Crippen LogP contribution in [0.5, 0.6) is 0 Å². The van der Waals surface area contributed by atoms with Crippen LogP contribution in [0.4, 0.5) is 28.8 Å². The molecule has 6 rings (SSSR count). The molecule has 5 aromatic rings. The number of nitrogens with one attached hydrogen (secondary N) is 3. The molecule has 39 heavy (non-hydrogen) atoms. The summed E-state index contributed by atoms with van der Waals surface area (Å²) >= 11 is 3.58. The van der Waals surface area contributed by atoms with Gasteiger partial charge in [-0.1, -0.05) is 37.3 Å². The van der Waals surface area contributed by atoms with Crippen LogP contribution in [0.3, 0.4) is 0 Å². The van der Waals surface area contributed by atoms with Crippen LogP contribution in [0, 0.1) is 0 Å². The first-order valence-corrected chi connectivity index (χ1v) is 14.1. The minimum atomic E-state index is 0.526. The number of halogens is 1. The van der Waals surface area contributed by atoms with Gasteiger partial charge in [0.1, 0.15) is 11.6 Å². The molecular weight excluding hydrogens is 552 g/mol. The van der Waals surface area contributed by atoms with Crippen molar-refractivity contribution in [1.82, 2.24) is 24.8 Å². The third-order valence-electron chi connectivity index (χ3n) is 7.06. The summed E-state index contributed by atoms with van der Waals surface area (Å²) in [5.41, 5.74) is 6.25. The maximum absolute atomic E-state index is 4.74. The summed E-state index contributed by atoms with van der Waals surface area (Å²) < 4.78 is 0.782. The fourth-order valence-electron chi connectivity index (χ4n) is 4.87. The number of aromatic nitrogens is 4. The molecule has 0 atom stereocenters. The normalized spacial score (nSPS) is 14.1. The second-order valence-corrected chi connectivity index (χ2v) is 10.5. The van der Waals surface area contributed by atoms with E-state index in [1.165, 1.54) is 11.3 Å². The number of fused-ring (bicyclic) bond motifs is 1. The molecule has 0 radical (unpaired) electrons. The van der Waals surface area contributed by atoms with E-state index in [1.54, 1.807) is 6.20 Å². The lowest BCUT2D eigenvalue weighted by Crippen LogP contribution is -2.46. The van der Waals surface area contributed by atoms with Crippen LogP contribution in [0.2, 0.25) is 0 Å². The Balaban J connectivity index is 1.13. The summed E-state index contributed by atoms with van der Waals surface area (Å²) in [7, 11) is 0. The van der Waals surface area contributed by atoms with E-state index in [1.807, 2.05) is 30.3 Å². The van der Waals surface area contributed by atoms with Gasteiger partial charge >= 0.3 is 0 Å². The Morgan fingerprint density at radius 3 is 2.41 bits per heavy atom. The van der Waals surface area contributed by atoms with Gasteiger partial charge in [0.05, 0.1) is 15.5 Å². The van der Waals surface area contributed by atoms with Crippen molar-refractivity contribution in [1.29, 1.82) is 0 Å². The average Bonchev–Trinajstić information content (AvgIpc) is 3.37. The van der Waals surface area contributed by atoms with Crippen molar-refractivity contribution in [2.45, 2.75) is 13.3 Å². The van der Waals surface area contributed by atoms with E-state index in [0.29, 0.717) is 11.8 Å². The first-order valence-electron chi connectivity index (χ1n) is 13.3. The highest BCUT2D eigenvalue weighted by Gasteiger charge is 2.16. The number of hydrogen-bond acceptors (Lipinski definition) is 7. The highest BCUT2D eigenvalue weighted by atomic mass is 79.9. The van der Waals surface area contributed by atoms with Crippen molar-refractivity contribution in [3.8, 4) is 0 Å². The third-order valence-corrected chi connectivity index (χ3v) is 7.64. The summed E-state index contributed by atoms with van der Waals surface area (Å²) in [6, 6.07) is 24.9. The summed E-state index contributed by atoms with van der Waals surface area (Å²) in [5, 5.41) is 6.75. The molecule has 3 aromatic carbocycles. The van der Waals surface area contributed by atoms with Gasteiger partial charge in [-0.3, -0.25) is 0 Å². The summed E-state index contributed by atoms with van der Waals surface area (Å²) in [4.78, 5) is 22.3. The fraction of sp³-hybridized carbons (Fsp3) is 0.233. The first-order chi connectivity index (χ1) is 19.1. The average molecular weight is 584 g/mol. The van der Waals surface area contributed by atoms with Crippen molar-refractivity contribution < 1.29 is 0 Å². The molecule has 2 aromatic heterocycles. The Kier molecular flexibility index (Phi) is 7.42. The van der Waals surface area contributed by atoms with E-state index in [-0.39, 0.29) is 0 Å². The molecule has 0 unspecified atom stereocenters. The van der Waals surface area contributed by atoms with Crippen molar-refractivity contribution in [3.05, 3.63) is 94.9 Å². The smallest absolute Gasteiger partial charge is 0.229 e. The minimum Gasteiger partial charge on any atom is -0.369 e. The monoisotopic (exact) mass is 582 g/mol. The Morgan fingerprint density at radius 2 is 1.64 bits per heavy atom. The Hall–Kier alpha value is -3.95. The largest absolute Gasteiger partial charge is 0.369 e. The van der Waals surface area contributed by atoms with Crippen LogP contribution >= 0.6 is 15.9 Å². The molecule has 8 nitrogen and oxygen atoms in total. The molecular formula is C30H31BrN8. The molecule has 3 N–H and O–H groups in total. The Morgan fingerprint density at radius 1 is 0.872 bits per heavy atom. The predicted molar refractivity (Wildman–Crippen MR) is 162 cm³/mol. The molecule has 0 amide bonds. The zero-order valence-electron chi connectivity index (χ0n) is 21.9. The molecule has 1 aliphatic heterocycles. The van der Waals surface area contributed by atoms with E-state index >= 15 is 0 Å². The van der Waals surface area contributed by atoms with Gasteiger partial charge in [-0.25, -0.2) is 9.97 Å². The van der Waals surface area contributed by atoms with Crippen LogP contribution in [-0.2, 0) is 6.42 Å². The molecule has 9 heteroatoms. The molecule has 1 aliphatic rings. The second kappa shape index (κ2) is 11.4. The fourth-order valence-corrected chi connectivity index (χ4v) is 5.16. The third kappa shape index (κ3) is 6.05. The number of aromatic amines is 1. The van der Waals surface area contributed by atoms with Gasteiger partial charge in [-0.2, -0.15) is 4.98 Å². The zero-order chi connectivity index (χ0) is 26.6. The van der Waals surface area contributed by atoms with Crippen molar-refractivity contribution in [3.63, 3.8) is 0 Å². The number of imidazole rings is 1. The maximum Gasteiger partial charge on any atom is 0.229 e. The molecule has 0 spiro atoms. The molecule has 0 aliphatic carbocycles. The quantitative estimate of drug-likeness (QED) is 0.197. The number of piperazine rings is 1. The summed E-state index contributed by atoms with van der Waals surface area (Å²) in [5.74, 6) is 2.15. The van der Waals surface area contributed by atoms with E-state index < -0.39 is 0 Å². The number of H-pyrrole nitrogens is 1. The number of likely N-dealkylation sites (N-methyl/N-ethyl adjacent to an activating group) is 1. The molecule has 1 saturated heterocycles. The van der Waals surface area contributed by atoms with Crippen molar-refractivity contribution in [2.24, 2.45) is 0 Å². The van der Waals surface area contributed by atoms with Gasteiger partial charge in [0, 0.05) is 55.9 Å². The zero-order valence-corrected chi connectivity index (χ0v) is 23.4. The van der Waals surface area contributed by atoms with Crippen LogP contribution in [0.25, 0.3) is 11.0 Å².